The second-order valence-corrected chi connectivity index (χ2v) is 13.1. The zero-order chi connectivity index (χ0) is 28.4. The van der Waals surface area contributed by atoms with Crippen LogP contribution < -0.4 is 0 Å². The standard InChI is InChI=1S/C30H37F3N2O3S/c1-21(2)34(3)26-14-15-28(24(19-26)20-39(37,38)27-10-5-4-6-11-27)35-17-16-23(29(35)36)13-12-22-8-7-9-25(18-22)30(31,32)33/h4-13,18,21,23-24,26,28H,14-17,19-20H2,1-3H3/b13-12+. The van der Waals surface area contributed by atoms with Crippen LogP contribution >= 0.6 is 0 Å². The number of halogens is 3. The van der Waals surface area contributed by atoms with Gasteiger partial charge in [-0.3, -0.25) is 4.79 Å². The van der Waals surface area contributed by atoms with Crippen molar-refractivity contribution in [1.29, 1.82) is 0 Å². The van der Waals surface area contributed by atoms with Crippen molar-refractivity contribution in [1.82, 2.24) is 9.80 Å². The summed E-state index contributed by atoms with van der Waals surface area (Å²) in [6, 6.07) is 13.8. The van der Waals surface area contributed by atoms with E-state index in [2.05, 4.69) is 25.8 Å². The number of hydrogen-bond donors (Lipinski definition) is 0. The molecule has 1 heterocycles. The second kappa shape index (κ2) is 11.8. The Labute approximate surface area is 229 Å². The molecule has 4 unspecified atom stereocenters. The van der Waals surface area contributed by atoms with E-state index >= 15 is 0 Å². The predicted octanol–water partition coefficient (Wildman–Crippen LogP) is 5.92. The summed E-state index contributed by atoms with van der Waals surface area (Å²) in [5.74, 6) is -0.771. The van der Waals surface area contributed by atoms with E-state index in [1.807, 2.05) is 4.90 Å². The molecule has 2 aromatic rings. The first-order chi connectivity index (χ1) is 18.4. The van der Waals surface area contributed by atoms with Crippen molar-refractivity contribution in [2.24, 2.45) is 11.8 Å². The summed E-state index contributed by atoms with van der Waals surface area (Å²) in [4.78, 5) is 17.9. The number of benzene rings is 2. The molecule has 1 saturated heterocycles. The monoisotopic (exact) mass is 562 g/mol. The van der Waals surface area contributed by atoms with Crippen LogP contribution in [0.2, 0.25) is 0 Å². The molecule has 4 atom stereocenters. The zero-order valence-corrected chi connectivity index (χ0v) is 23.5. The van der Waals surface area contributed by atoms with Crippen LogP contribution in [0.15, 0.2) is 65.6 Å². The Balaban J connectivity index is 1.53. The molecule has 0 N–H and O–H groups in total. The molecule has 0 spiro atoms. The van der Waals surface area contributed by atoms with Gasteiger partial charge in [-0.15, -0.1) is 0 Å². The SMILES string of the molecule is CC(C)N(C)C1CCC(N2CCC(/C=C/c3cccc(C(F)(F)F)c3)C2=O)C(CS(=O)(=O)c2ccccc2)C1. The van der Waals surface area contributed by atoms with Crippen LogP contribution in [0.3, 0.4) is 0 Å². The molecule has 1 aliphatic heterocycles. The maximum Gasteiger partial charge on any atom is 0.416 e. The maximum absolute atomic E-state index is 13.5. The molecule has 2 fully saturated rings. The van der Waals surface area contributed by atoms with Crippen molar-refractivity contribution in [3.8, 4) is 0 Å². The van der Waals surface area contributed by atoms with Crippen LogP contribution in [0.4, 0.5) is 13.2 Å². The van der Waals surface area contributed by atoms with Gasteiger partial charge in [-0.25, -0.2) is 8.42 Å². The average Bonchev–Trinajstić information content (AvgIpc) is 3.26. The van der Waals surface area contributed by atoms with Crippen LogP contribution in [-0.2, 0) is 20.8 Å². The lowest BCUT2D eigenvalue weighted by Gasteiger charge is -2.44. The fourth-order valence-electron chi connectivity index (χ4n) is 5.89. The fourth-order valence-corrected chi connectivity index (χ4v) is 7.57. The Morgan fingerprint density at radius 3 is 2.44 bits per heavy atom. The Bertz CT molecular complexity index is 1280. The molecule has 212 valence electrons. The van der Waals surface area contributed by atoms with E-state index in [1.165, 1.54) is 6.07 Å². The van der Waals surface area contributed by atoms with Gasteiger partial charge in [0.05, 0.1) is 22.1 Å². The molecule has 0 radical (unpaired) electrons. The van der Waals surface area contributed by atoms with Crippen LogP contribution in [0.5, 0.6) is 0 Å². The first kappa shape index (κ1) is 29.3. The van der Waals surface area contributed by atoms with E-state index in [-0.39, 0.29) is 34.6 Å². The van der Waals surface area contributed by atoms with Gasteiger partial charge in [-0.2, -0.15) is 13.2 Å². The van der Waals surface area contributed by atoms with Crippen molar-refractivity contribution in [2.45, 2.75) is 68.7 Å². The third-order valence-electron chi connectivity index (χ3n) is 8.26. The Kier molecular flexibility index (Phi) is 8.91. The summed E-state index contributed by atoms with van der Waals surface area (Å²) in [6.45, 7) is 4.74. The maximum atomic E-state index is 13.5. The average molecular weight is 563 g/mol. The van der Waals surface area contributed by atoms with Crippen LogP contribution in [-0.4, -0.2) is 61.6 Å². The molecule has 1 aliphatic carbocycles. The van der Waals surface area contributed by atoms with Gasteiger partial charge in [-0.1, -0.05) is 42.5 Å². The molecule has 1 amide bonds. The minimum Gasteiger partial charge on any atom is -0.339 e. The van der Waals surface area contributed by atoms with Crippen LogP contribution in [0.25, 0.3) is 6.08 Å². The van der Waals surface area contributed by atoms with Crippen molar-refractivity contribution in [3.63, 3.8) is 0 Å². The Morgan fingerprint density at radius 2 is 1.77 bits per heavy atom. The van der Waals surface area contributed by atoms with Crippen LogP contribution in [0.1, 0.15) is 50.7 Å². The second-order valence-electron chi connectivity index (χ2n) is 11.1. The van der Waals surface area contributed by atoms with Gasteiger partial charge >= 0.3 is 6.18 Å². The van der Waals surface area contributed by atoms with Crippen molar-refractivity contribution in [2.75, 3.05) is 19.3 Å². The van der Waals surface area contributed by atoms with Gasteiger partial charge in [0.1, 0.15) is 0 Å². The summed E-state index contributed by atoms with van der Waals surface area (Å²) >= 11 is 0. The van der Waals surface area contributed by atoms with Gasteiger partial charge < -0.3 is 9.80 Å². The molecular weight excluding hydrogens is 525 g/mol. The van der Waals surface area contributed by atoms with Gasteiger partial charge in [0.25, 0.3) is 0 Å². The molecule has 4 rings (SSSR count). The van der Waals surface area contributed by atoms with E-state index < -0.39 is 27.5 Å². The highest BCUT2D eigenvalue weighted by atomic mass is 32.2. The minimum absolute atomic E-state index is 0.0291. The van der Waals surface area contributed by atoms with Crippen LogP contribution in [0, 0.1) is 11.8 Å². The summed E-state index contributed by atoms with van der Waals surface area (Å²) in [5, 5.41) is 0. The predicted molar refractivity (Wildman–Crippen MR) is 147 cm³/mol. The quantitative estimate of drug-likeness (QED) is 0.401. The van der Waals surface area contributed by atoms with E-state index in [1.54, 1.807) is 48.6 Å². The first-order valence-corrected chi connectivity index (χ1v) is 15.2. The fraction of sp³-hybridized carbons (Fsp3) is 0.500. The first-order valence-electron chi connectivity index (χ1n) is 13.5. The molecule has 2 aromatic carbocycles. The van der Waals surface area contributed by atoms with Gasteiger partial charge in [0.15, 0.2) is 9.84 Å². The molecular formula is C30H37F3N2O3S. The minimum atomic E-state index is -4.43. The highest BCUT2D eigenvalue weighted by Crippen LogP contribution is 2.37. The smallest absolute Gasteiger partial charge is 0.339 e. The lowest BCUT2D eigenvalue weighted by Crippen LogP contribution is -2.51. The van der Waals surface area contributed by atoms with Gasteiger partial charge in [0, 0.05) is 24.7 Å². The number of nitrogens with zero attached hydrogens (tertiary/aromatic N) is 2. The summed E-state index contributed by atoms with van der Waals surface area (Å²) in [7, 11) is -1.48. The third kappa shape index (κ3) is 6.92. The Morgan fingerprint density at radius 1 is 1.05 bits per heavy atom. The normalized spacial score (nSPS) is 24.8. The third-order valence-corrected chi connectivity index (χ3v) is 10.1. The molecule has 0 bridgehead atoms. The molecule has 39 heavy (non-hydrogen) atoms. The topological polar surface area (TPSA) is 57.7 Å². The number of hydrogen-bond acceptors (Lipinski definition) is 4. The molecule has 1 saturated carbocycles. The highest BCUT2D eigenvalue weighted by Gasteiger charge is 2.43. The van der Waals surface area contributed by atoms with Gasteiger partial charge in [0.2, 0.25) is 5.91 Å². The molecule has 9 heteroatoms. The van der Waals surface area contributed by atoms with Gasteiger partial charge in [-0.05, 0) is 82.3 Å². The number of amides is 1. The Hall–Kier alpha value is -2.65. The van der Waals surface area contributed by atoms with E-state index in [9.17, 15) is 26.4 Å². The largest absolute Gasteiger partial charge is 0.416 e. The number of likely N-dealkylation sites (tertiary alicyclic amines) is 1. The lowest BCUT2D eigenvalue weighted by molar-refractivity contribution is -0.137. The summed E-state index contributed by atoms with van der Waals surface area (Å²) < 4.78 is 66.0. The van der Waals surface area contributed by atoms with Crippen molar-refractivity contribution < 1.29 is 26.4 Å². The summed E-state index contributed by atoms with van der Waals surface area (Å²) in [5.41, 5.74) is -0.338. The molecule has 0 aromatic heterocycles. The zero-order valence-electron chi connectivity index (χ0n) is 22.6. The number of carbonyl (C=O) groups is 1. The van der Waals surface area contributed by atoms with E-state index in [0.29, 0.717) is 37.4 Å². The van der Waals surface area contributed by atoms with Crippen molar-refractivity contribution >= 4 is 21.8 Å². The summed E-state index contributed by atoms with van der Waals surface area (Å²) in [6.07, 6.45) is 1.65. The molecule has 2 aliphatic rings. The highest BCUT2D eigenvalue weighted by molar-refractivity contribution is 7.91. The lowest BCUT2D eigenvalue weighted by atomic mass is 9.81. The number of sulfone groups is 1. The number of alkyl halides is 3. The van der Waals surface area contributed by atoms with Crippen molar-refractivity contribution in [3.05, 3.63) is 71.8 Å². The number of carbonyl (C=O) groups excluding carboxylic acids is 1. The molecule has 5 nitrogen and oxygen atoms in total. The number of rotatable bonds is 8. The van der Waals surface area contributed by atoms with E-state index in [4.69, 9.17) is 0 Å². The van der Waals surface area contributed by atoms with E-state index in [0.717, 1.165) is 18.6 Å².